The Balaban J connectivity index is 1.17. The molecule has 2 aliphatic rings. The highest BCUT2D eigenvalue weighted by molar-refractivity contribution is 5.79. The first-order chi connectivity index (χ1) is 16.3. The van der Waals surface area contributed by atoms with Gasteiger partial charge in [0.1, 0.15) is 6.33 Å². The van der Waals surface area contributed by atoms with E-state index in [-0.39, 0.29) is 12.0 Å². The smallest absolute Gasteiger partial charge is 0.225 e. The van der Waals surface area contributed by atoms with Crippen LogP contribution in [0.2, 0.25) is 0 Å². The monoisotopic (exact) mass is 444 g/mol. The number of amides is 1. The summed E-state index contributed by atoms with van der Waals surface area (Å²) in [6.07, 6.45) is 5.76. The summed E-state index contributed by atoms with van der Waals surface area (Å²) in [5.41, 5.74) is 2.62. The Morgan fingerprint density at radius 2 is 1.45 bits per heavy atom. The van der Waals surface area contributed by atoms with Gasteiger partial charge in [0, 0.05) is 38.6 Å². The van der Waals surface area contributed by atoms with E-state index in [1.165, 1.54) is 11.1 Å². The summed E-state index contributed by atoms with van der Waals surface area (Å²) in [6, 6.07) is 21.7. The van der Waals surface area contributed by atoms with Crippen LogP contribution in [-0.4, -0.2) is 62.1 Å². The maximum absolute atomic E-state index is 13.3. The molecule has 0 radical (unpaired) electrons. The van der Waals surface area contributed by atoms with Gasteiger partial charge in [-0.15, -0.1) is 5.10 Å². The summed E-state index contributed by atoms with van der Waals surface area (Å²) >= 11 is 0. The number of aromatic nitrogens is 4. The van der Waals surface area contributed by atoms with Crippen molar-refractivity contribution < 1.29 is 4.79 Å². The summed E-state index contributed by atoms with van der Waals surface area (Å²) in [4.78, 5) is 17.9. The molecular formula is C26H32N6O. The third kappa shape index (κ3) is 5.14. The van der Waals surface area contributed by atoms with Gasteiger partial charge >= 0.3 is 0 Å². The standard InChI is InChI=1S/C26H32N6O/c33-26(24-13-11-21(12-14-24)19-32-20-27-28-29-32)31-17-15-30(16-18-31)25(22-7-3-1-4-8-22)23-9-5-2-6-10-23/h1-10,20-21,24-25H,11-19H2. The highest BCUT2D eigenvalue weighted by atomic mass is 16.2. The van der Waals surface area contributed by atoms with Crippen LogP contribution >= 0.6 is 0 Å². The van der Waals surface area contributed by atoms with Gasteiger partial charge < -0.3 is 4.90 Å². The molecule has 0 bridgehead atoms. The van der Waals surface area contributed by atoms with Gasteiger partial charge in [0.15, 0.2) is 0 Å². The van der Waals surface area contributed by atoms with Crippen molar-refractivity contribution in [3.63, 3.8) is 0 Å². The zero-order chi connectivity index (χ0) is 22.5. The van der Waals surface area contributed by atoms with E-state index in [0.717, 1.165) is 58.4 Å². The highest BCUT2D eigenvalue weighted by Crippen LogP contribution is 2.33. The Hall–Kier alpha value is -3.06. The molecule has 1 saturated carbocycles. The second-order valence-corrected chi connectivity index (χ2v) is 9.33. The highest BCUT2D eigenvalue weighted by Gasteiger charge is 2.33. The van der Waals surface area contributed by atoms with Crippen molar-refractivity contribution >= 4 is 5.91 Å². The van der Waals surface area contributed by atoms with E-state index in [1.807, 2.05) is 4.68 Å². The second-order valence-electron chi connectivity index (χ2n) is 9.33. The molecule has 33 heavy (non-hydrogen) atoms. The maximum atomic E-state index is 13.3. The molecule has 1 aliphatic carbocycles. The molecule has 3 aromatic rings. The Labute approximate surface area is 195 Å². The largest absolute Gasteiger partial charge is 0.340 e. The average molecular weight is 445 g/mol. The van der Waals surface area contributed by atoms with Gasteiger partial charge in [-0.25, -0.2) is 4.68 Å². The fourth-order valence-corrected chi connectivity index (χ4v) is 5.46. The molecule has 1 aromatic heterocycles. The number of hydrogen-bond donors (Lipinski definition) is 0. The maximum Gasteiger partial charge on any atom is 0.225 e. The zero-order valence-corrected chi connectivity index (χ0v) is 19.0. The lowest BCUT2D eigenvalue weighted by Gasteiger charge is -2.41. The summed E-state index contributed by atoms with van der Waals surface area (Å²) < 4.78 is 1.81. The van der Waals surface area contributed by atoms with E-state index in [9.17, 15) is 4.79 Å². The van der Waals surface area contributed by atoms with E-state index >= 15 is 0 Å². The number of hydrogen-bond acceptors (Lipinski definition) is 5. The van der Waals surface area contributed by atoms with E-state index in [1.54, 1.807) is 6.33 Å². The van der Waals surface area contributed by atoms with Gasteiger partial charge in [0.2, 0.25) is 5.91 Å². The van der Waals surface area contributed by atoms with Crippen LogP contribution < -0.4 is 0 Å². The van der Waals surface area contributed by atoms with Crippen molar-refractivity contribution in [2.75, 3.05) is 26.2 Å². The molecule has 5 rings (SSSR count). The predicted octanol–water partition coefficient (Wildman–Crippen LogP) is 3.41. The van der Waals surface area contributed by atoms with Crippen LogP contribution in [0.15, 0.2) is 67.0 Å². The van der Waals surface area contributed by atoms with E-state index in [2.05, 4.69) is 86.0 Å². The fourth-order valence-electron chi connectivity index (χ4n) is 5.46. The van der Waals surface area contributed by atoms with Crippen LogP contribution in [0.25, 0.3) is 0 Å². The first kappa shape index (κ1) is 21.8. The summed E-state index contributed by atoms with van der Waals surface area (Å²) in [5, 5.41) is 11.4. The molecule has 7 heteroatoms. The quantitative estimate of drug-likeness (QED) is 0.583. The summed E-state index contributed by atoms with van der Waals surface area (Å²) in [6.45, 7) is 4.26. The van der Waals surface area contributed by atoms with E-state index < -0.39 is 0 Å². The molecule has 0 unspecified atom stereocenters. The lowest BCUT2D eigenvalue weighted by Crippen LogP contribution is -2.51. The number of benzene rings is 2. The van der Waals surface area contributed by atoms with Crippen molar-refractivity contribution in [1.29, 1.82) is 0 Å². The van der Waals surface area contributed by atoms with E-state index in [4.69, 9.17) is 0 Å². The second kappa shape index (κ2) is 10.3. The minimum absolute atomic E-state index is 0.167. The number of carbonyl (C=O) groups excluding carboxylic acids is 1. The van der Waals surface area contributed by atoms with Crippen LogP contribution in [0, 0.1) is 11.8 Å². The lowest BCUT2D eigenvalue weighted by atomic mass is 9.81. The number of nitrogens with zero attached hydrogens (tertiary/aromatic N) is 6. The first-order valence-corrected chi connectivity index (χ1v) is 12.1. The minimum atomic E-state index is 0.167. The van der Waals surface area contributed by atoms with Crippen molar-refractivity contribution in [2.45, 2.75) is 38.3 Å². The molecular weight excluding hydrogens is 412 g/mol. The third-order valence-corrected chi connectivity index (χ3v) is 7.25. The Kier molecular flexibility index (Phi) is 6.76. The van der Waals surface area contributed by atoms with Gasteiger partial charge in [0.05, 0.1) is 6.04 Å². The van der Waals surface area contributed by atoms with Gasteiger partial charge in [0.25, 0.3) is 0 Å². The number of piperazine rings is 1. The molecule has 2 aromatic carbocycles. The van der Waals surface area contributed by atoms with Crippen molar-refractivity contribution in [2.24, 2.45) is 11.8 Å². The molecule has 2 fully saturated rings. The summed E-state index contributed by atoms with van der Waals surface area (Å²) in [7, 11) is 0. The number of rotatable bonds is 6. The number of tetrazole rings is 1. The molecule has 7 nitrogen and oxygen atoms in total. The van der Waals surface area contributed by atoms with Crippen LogP contribution in [0.1, 0.15) is 42.9 Å². The van der Waals surface area contributed by atoms with Gasteiger partial charge in [-0.3, -0.25) is 9.69 Å². The zero-order valence-electron chi connectivity index (χ0n) is 19.0. The van der Waals surface area contributed by atoms with Crippen LogP contribution in [0.3, 0.4) is 0 Å². The summed E-state index contributed by atoms with van der Waals surface area (Å²) in [5.74, 6) is 1.08. The molecule has 172 valence electrons. The van der Waals surface area contributed by atoms with Gasteiger partial charge in [-0.1, -0.05) is 60.7 Å². The molecule has 0 N–H and O–H groups in total. The van der Waals surface area contributed by atoms with Crippen molar-refractivity contribution in [3.05, 3.63) is 78.1 Å². The van der Waals surface area contributed by atoms with E-state index in [0.29, 0.717) is 11.8 Å². The minimum Gasteiger partial charge on any atom is -0.340 e. The third-order valence-electron chi connectivity index (χ3n) is 7.25. The van der Waals surface area contributed by atoms with Gasteiger partial charge in [-0.05, 0) is 53.2 Å². The SMILES string of the molecule is O=C(C1CCC(Cn2cnnn2)CC1)N1CCN(C(c2ccccc2)c2ccccc2)CC1. The van der Waals surface area contributed by atoms with Crippen molar-refractivity contribution in [1.82, 2.24) is 30.0 Å². The molecule has 0 atom stereocenters. The van der Waals surface area contributed by atoms with Crippen LogP contribution in [0.4, 0.5) is 0 Å². The molecule has 0 spiro atoms. The molecule has 2 heterocycles. The van der Waals surface area contributed by atoms with Crippen LogP contribution in [0.5, 0.6) is 0 Å². The normalized spacial score (nSPS) is 21.9. The predicted molar refractivity (Wildman–Crippen MR) is 126 cm³/mol. The topological polar surface area (TPSA) is 67.2 Å². The number of carbonyl (C=O) groups is 1. The van der Waals surface area contributed by atoms with Crippen molar-refractivity contribution in [3.8, 4) is 0 Å². The molecule has 1 saturated heterocycles. The Morgan fingerprint density at radius 3 is 2.00 bits per heavy atom. The average Bonchev–Trinajstić information content (AvgIpc) is 3.39. The van der Waals surface area contributed by atoms with Crippen LogP contribution in [-0.2, 0) is 11.3 Å². The molecule has 1 amide bonds. The molecule has 1 aliphatic heterocycles. The fraction of sp³-hybridized carbons (Fsp3) is 0.462. The lowest BCUT2D eigenvalue weighted by molar-refractivity contribution is -0.138. The Morgan fingerprint density at radius 1 is 0.848 bits per heavy atom. The Bertz CT molecular complexity index is 954. The first-order valence-electron chi connectivity index (χ1n) is 12.1. The van der Waals surface area contributed by atoms with Gasteiger partial charge in [-0.2, -0.15) is 0 Å².